The molecule has 0 saturated heterocycles. The number of rotatable bonds is 65. The zero-order valence-electron chi connectivity index (χ0n) is 51.5. The van der Waals surface area contributed by atoms with Crippen molar-refractivity contribution in [1.29, 1.82) is 0 Å². The van der Waals surface area contributed by atoms with Crippen LogP contribution in [0.15, 0.2) is 36.5 Å². The number of esters is 2. The molecule has 0 amide bonds. The SMILES string of the molecule is CCCCCCC/C=C\C/C=C\C/C=C\CCCCCCCCCCCCCCCCCCCCCCCCCCCCC(=O)OC(CO)COC(=O)CCCCCCCCCCCCCCCCCCCCCCC. The number of carbonyl (C=O) groups excluding carboxylic acids is 2. The lowest BCUT2D eigenvalue weighted by atomic mass is 10.0. The van der Waals surface area contributed by atoms with Gasteiger partial charge in [-0.05, 0) is 51.4 Å². The molecule has 5 nitrogen and oxygen atoms in total. The van der Waals surface area contributed by atoms with Crippen molar-refractivity contribution in [2.24, 2.45) is 0 Å². The van der Waals surface area contributed by atoms with Crippen LogP contribution in [0.2, 0.25) is 0 Å². The lowest BCUT2D eigenvalue weighted by molar-refractivity contribution is -0.161. The van der Waals surface area contributed by atoms with E-state index in [1.165, 1.54) is 315 Å². The van der Waals surface area contributed by atoms with Crippen molar-refractivity contribution in [1.82, 2.24) is 0 Å². The third-order valence-electron chi connectivity index (χ3n) is 15.9. The molecule has 0 aliphatic rings. The molecule has 0 fully saturated rings. The van der Waals surface area contributed by atoms with E-state index in [1.807, 2.05) is 0 Å². The van der Waals surface area contributed by atoms with Gasteiger partial charge >= 0.3 is 11.9 Å². The summed E-state index contributed by atoms with van der Waals surface area (Å²) in [6.45, 7) is 4.19. The number of ether oxygens (including phenoxy) is 2. The van der Waals surface area contributed by atoms with E-state index in [9.17, 15) is 14.7 Å². The fourth-order valence-corrected chi connectivity index (χ4v) is 10.7. The van der Waals surface area contributed by atoms with Crippen molar-refractivity contribution < 1.29 is 24.2 Å². The molecule has 0 spiro atoms. The fourth-order valence-electron chi connectivity index (χ4n) is 10.7. The maximum absolute atomic E-state index is 12.4. The Labute approximate surface area is 476 Å². The second kappa shape index (κ2) is 67.4. The van der Waals surface area contributed by atoms with Gasteiger partial charge in [-0.1, -0.05) is 359 Å². The molecule has 0 aliphatic heterocycles. The Kier molecular flexibility index (Phi) is 65.7. The molecule has 76 heavy (non-hydrogen) atoms. The number of carbonyl (C=O) groups is 2. The maximum atomic E-state index is 12.4. The summed E-state index contributed by atoms with van der Waals surface area (Å²) in [4.78, 5) is 24.6. The van der Waals surface area contributed by atoms with Crippen LogP contribution in [0.25, 0.3) is 0 Å². The summed E-state index contributed by atoms with van der Waals surface area (Å²) < 4.78 is 10.8. The van der Waals surface area contributed by atoms with E-state index in [4.69, 9.17) is 9.47 Å². The Bertz CT molecular complexity index is 1210. The molecular formula is C71H134O5. The van der Waals surface area contributed by atoms with Gasteiger partial charge in [0.2, 0.25) is 0 Å². The summed E-state index contributed by atoms with van der Waals surface area (Å²) in [6.07, 6.45) is 89.0. The van der Waals surface area contributed by atoms with Gasteiger partial charge in [-0.3, -0.25) is 9.59 Å². The van der Waals surface area contributed by atoms with Crippen LogP contribution in [0.1, 0.15) is 386 Å². The maximum Gasteiger partial charge on any atom is 0.306 e. The van der Waals surface area contributed by atoms with Gasteiger partial charge in [0, 0.05) is 12.8 Å². The van der Waals surface area contributed by atoms with Crippen molar-refractivity contribution >= 4 is 11.9 Å². The molecule has 0 radical (unpaired) electrons. The van der Waals surface area contributed by atoms with Gasteiger partial charge in [0.15, 0.2) is 6.10 Å². The number of aliphatic hydroxyl groups excluding tert-OH is 1. The van der Waals surface area contributed by atoms with Crippen LogP contribution in [-0.4, -0.2) is 36.4 Å². The van der Waals surface area contributed by atoms with Crippen molar-refractivity contribution in [2.75, 3.05) is 13.2 Å². The third-order valence-corrected chi connectivity index (χ3v) is 15.9. The minimum Gasteiger partial charge on any atom is -0.462 e. The van der Waals surface area contributed by atoms with E-state index < -0.39 is 6.10 Å². The topological polar surface area (TPSA) is 72.8 Å². The molecule has 1 unspecified atom stereocenters. The minimum absolute atomic E-state index is 0.0577. The van der Waals surface area contributed by atoms with Gasteiger partial charge in [0.05, 0.1) is 6.61 Å². The monoisotopic (exact) mass is 1070 g/mol. The number of hydrogen-bond donors (Lipinski definition) is 1. The third kappa shape index (κ3) is 64.6. The molecular weight excluding hydrogens is 933 g/mol. The average Bonchev–Trinajstić information content (AvgIpc) is 3.42. The lowest BCUT2D eigenvalue weighted by Gasteiger charge is -2.15. The Hall–Kier alpha value is -1.88. The average molecular weight is 1070 g/mol. The fraction of sp³-hybridized carbons (Fsp3) is 0.887. The molecule has 0 rings (SSSR count). The first-order chi connectivity index (χ1) is 37.6. The first kappa shape index (κ1) is 74.1. The lowest BCUT2D eigenvalue weighted by Crippen LogP contribution is -2.28. The predicted molar refractivity (Wildman–Crippen MR) is 334 cm³/mol. The zero-order chi connectivity index (χ0) is 54.8. The Morgan fingerprint density at radius 3 is 0.789 bits per heavy atom. The predicted octanol–water partition coefficient (Wildman–Crippen LogP) is 23.8. The highest BCUT2D eigenvalue weighted by Gasteiger charge is 2.16. The normalized spacial score (nSPS) is 12.3. The van der Waals surface area contributed by atoms with E-state index in [0.717, 1.165) is 44.9 Å². The Morgan fingerprint density at radius 2 is 0.526 bits per heavy atom. The summed E-state index contributed by atoms with van der Waals surface area (Å²) in [5.41, 5.74) is 0. The van der Waals surface area contributed by atoms with Crippen LogP contribution in [-0.2, 0) is 19.1 Å². The largest absolute Gasteiger partial charge is 0.462 e. The quantitative estimate of drug-likeness (QED) is 0.0373. The van der Waals surface area contributed by atoms with Gasteiger partial charge in [0.1, 0.15) is 6.61 Å². The summed E-state index contributed by atoms with van der Waals surface area (Å²) in [7, 11) is 0. The molecule has 0 saturated carbocycles. The van der Waals surface area contributed by atoms with Crippen LogP contribution in [0, 0.1) is 0 Å². The zero-order valence-corrected chi connectivity index (χ0v) is 51.5. The van der Waals surface area contributed by atoms with Gasteiger partial charge in [-0.15, -0.1) is 0 Å². The highest BCUT2D eigenvalue weighted by Crippen LogP contribution is 2.19. The van der Waals surface area contributed by atoms with Crippen molar-refractivity contribution in [3.05, 3.63) is 36.5 Å². The van der Waals surface area contributed by atoms with Gasteiger partial charge in [-0.25, -0.2) is 0 Å². The summed E-state index contributed by atoms with van der Waals surface area (Å²) >= 11 is 0. The molecule has 0 heterocycles. The van der Waals surface area contributed by atoms with Crippen molar-refractivity contribution in [3.8, 4) is 0 Å². The van der Waals surface area contributed by atoms with Crippen LogP contribution in [0.5, 0.6) is 0 Å². The van der Waals surface area contributed by atoms with Crippen molar-refractivity contribution in [3.63, 3.8) is 0 Å². The highest BCUT2D eigenvalue weighted by atomic mass is 16.6. The Morgan fingerprint density at radius 1 is 0.303 bits per heavy atom. The first-order valence-electron chi connectivity index (χ1n) is 34.5. The second-order valence-electron chi connectivity index (χ2n) is 23.6. The first-order valence-corrected chi connectivity index (χ1v) is 34.5. The number of hydrogen-bond acceptors (Lipinski definition) is 5. The van der Waals surface area contributed by atoms with E-state index in [1.54, 1.807) is 0 Å². The molecule has 0 bridgehead atoms. The summed E-state index contributed by atoms with van der Waals surface area (Å²) in [5.74, 6) is -0.564. The van der Waals surface area contributed by atoms with Crippen LogP contribution >= 0.6 is 0 Å². The molecule has 448 valence electrons. The van der Waals surface area contributed by atoms with Crippen LogP contribution in [0.3, 0.4) is 0 Å². The summed E-state index contributed by atoms with van der Waals surface area (Å²) in [6, 6.07) is 0. The molecule has 5 heteroatoms. The minimum atomic E-state index is -0.768. The Balaban J connectivity index is 3.36. The van der Waals surface area contributed by atoms with Gasteiger partial charge in [-0.2, -0.15) is 0 Å². The van der Waals surface area contributed by atoms with E-state index in [0.29, 0.717) is 12.8 Å². The van der Waals surface area contributed by atoms with Crippen LogP contribution < -0.4 is 0 Å². The highest BCUT2D eigenvalue weighted by molar-refractivity contribution is 5.70. The number of unbranched alkanes of at least 4 members (excludes halogenated alkanes) is 51. The number of aliphatic hydroxyl groups is 1. The summed E-state index contributed by atoms with van der Waals surface area (Å²) in [5, 5.41) is 9.69. The van der Waals surface area contributed by atoms with E-state index in [2.05, 4.69) is 50.3 Å². The molecule has 0 aromatic rings. The molecule has 1 N–H and O–H groups in total. The van der Waals surface area contributed by atoms with E-state index in [-0.39, 0.29) is 25.2 Å². The standard InChI is InChI=1S/C71H134O5/c1-3-5-7-9-11-13-15-17-19-21-23-25-26-27-28-29-30-31-32-33-34-35-36-37-38-39-40-41-42-43-44-46-48-50-52-54-56-58-60-62-64-66-71(74)76-69(67-72)68-75-70(73)65-63-61-59-57-55-53-51-49-47-45-24-22-20-18-16-14-12-10-8-6-4-2/h15,17,21,23,26-27,69,72H,3-14,16,18-20,22,24-25,28-68H2,1-2H3/b17-15-,23-21-,27-26-. The molecule has 1 atom stereocenters. The molecule has 0 aromatic heterocycles. The molecule has 0 aliphatic carbocycles. The van der Waals surface area contributed by atoms with Crippen molar-refractivity contribution in [2.45, 2.75) is 392 Å². The van der Waals surface area contributed by atoms with Gasteiger partial charge < -0.3 is 14.6 Å². The van der Waals surface area contributed by atoms with E-state index >= 15 is 0 Å². The van der Waals surface area contributed by atoms with Gasteiger partial charge in [0.25, 0.3) is 0 Å². The second-order valence-corrected chi connectivity index (χ2v) is 23.6. The number of allylic oxidation sites excluding steroid dienone is 6. The smallest absolute Gasteiger partial charge is 0.306 e. The van der Waals surface area contributed by atoms with Crippen LogP contribution in [0.4, 0.5) is 0 Å². The molecule has 0 aromatic carbocycles.